The van der Waals surface area contributed by atoms with Gasteiger partial charge in [0.05, 0.1) is 54.7 Å². The highest BCUT2D eigenvalue weighted by atomic mass is 32.1. The SMILES string of the molecule is c1ccc(-c2nc(-c3cccc(-c4cccc(-c5ccc6c(c5)ncc5ccccc56)c4)c3)nc3c2sc2ccccc23)cc1.c1ccc(-c2nc(-c3cccc(-c4cccc(-c5ccc6c(c5)ncc5ccccc56)c4)c3)nc3ccccc23)cc1.c1ccc(-n2c(-c3cccc(-c4cccc(-c5ccc6c(c5)ncc5ccccc56)c4)c3)nc3ccccc32)cc1. The molecule has 25 rings (SSSR count). The number of hydrogen-bond acceptors (Lipinski definition) is 9. The van der Waals surface area contributed by atoms with Gasteiger partial charge in [0.25, 0.3) is 0 Å². The minimum absolute atomic E-state index is 0.721. The van der Waals surface area contributed by atoms with Crippen LogP contribution in [0, 0.1) is 0 Å². The Morgan fingerprint density at radius 3 is 1.01 bits per heavy atom. The maximum absolute atomic E-state index is 5.18. The van der Waals surface area contributed by atoms with E-state index >= 15 is 0 Å². The van der Waals surface area contributed by atoms with Gasteiger partial charge in [-0.25, -0.2) is 24.9 Å². The van der Waals surface area contributed by atoms with Crippen LogP contribution in [0.3, 0.4) is 0 Å². The molecule has 7 heterocycles. The summed E-state index contributed by atoms with van der Waals surface area (Å²) < 4.78 is 4.59. The molecule has 0 aliphatic carbocycles. The quantitative estimate of drug-likeness (QED) is 0.111. The van der Waals surface area contributed by atoms with Gasteiger partial charge in [0, 0.05) is 99.9 Å². The van der Waals surface area contributed by atoms with Gasteiger partial charge in [-0.1, -0.05) is 346 Å². The molecule has 25 aromatic rings. The fourth-order valence-corrected chi connectivity index (χ4v) is 19.0. The van der Waals surface area contributed by atoms with Crippen molar-refractivity contribution in [1.29, 1.82) is 0 Å². The van der Waals surface area contributed by atoms with Gasteiger partial charge in [0.2, 0.25) is 0 Å². The molecule has 0 spiro atoms. The van der Waals surface area contributed by atoms with E-state index in [9.17, 15) is 0 Å². The average molecular weight is 1650 g/mol. The van der Waals surface area contributed by atoms with E-state index in [-0.39, 0.29) is 0 Å². The summed E-state index contributed by atoms with van der Waals surface area (Å²) in [5.41, 5.74) is 29.1. The van der Waals surface area contributed by atoms with Crippen molar-refractivity contribution < 1.29 is 0 Å². The predicted octanol–water partition coefficient (Wildman–Crippen LogP) is 30.9. The summed E-state index contributed by atoms with van der Waals surface area (Å²) >= 11 is 1.76. The van der Waals surface area contributed by atoms with Crippen LogP contribution >= 0.6 is 11.3 Å². The molecule has 0 atom stereocenters. The fraction of sp³-hybridized carbons (Fsp3) is 0. The van der Waals surface area contributed by atoms with E-state index in [1.165, 1.54) is 53.5 Å². The third-order valence-corrected chi connectivity index (χ3v) is 25.4. The topological polar surface area (TPSA) is 108 Å². The number of imidazole rings is 1. The Hall–Kier alpha value is -16.9. The van der Waals surface area contributed by atoms with E-state index in [4.69, 9.17) is 39.9 Å². The Bertz CT molecular complexity index is 8600. The first-order chi connectivity index (χ1) is 63.4. The summed E-state index contributed by atoms with van der Waals surface area (Å²) in [5.74, 6) is 2.39. The average Bonchev–Trinajstić information content (AvgIpc) is 1.63. The fourth-order valence-electron chi connectivity index (χ4n) is 17.9. The molecule has 128 heavy (non-hydrogen) atoms. The van der Waals surface area contributed by atoms with Crippen molar-refractivity contribution in [3.05, 3.63) is 455 Å². The molecule has 0 fully saturated rings. The molecule has 0 saturated carbocycles. The number of hydrogen-bond donors (Lipinski definition) is 0. The second-order valence-electron chi connectivity index (χ2n) is 32.1. The van der Waals surface area contributed by atoms with E-state index in [0.717, 1.165) is 183 Å². The van der Waals surface area contributed by atoms with Gasteiger partial charge in [0.1, 0.15) is 5.82 Å². The van der Waals surface area contributed by atoms with Gasteiger partial charge in [0.15, 0.2) is 11.6 Å². The van der Waals surface area contributed by atoms with E-state index in [0.29, 0.717) is 0 Å². The number of fused-ring (bicyclic) bond motifs is 14. The first-order valence-corrected chi connectivity index (χ1v) is 43.8. The van der Waals surface area contributed by atoms with Gasteiger partial charge in [-0.15, -0.1) is 11.3 Å². The summed E-state index contributed by atoms with van der Waals surface area (Å²) in [7, 11) is 0. The zero-order chi connectivity index (χ0) is 84.8. The van der Waals surface area contributed by atoms with Crippen LogP contribution in [0.5, 0.6) is 0 Å². The molecule has 0 aliphatic heterocycles. The number of para-hydroxylation sites is 4. The van der Waals surface area contributed by atoms with Gasteiger partial charge in [-0.3, -0.25) is 19.5 Å². The number of nitrogens with zero attached hydrogens (tertiary/aromatic N) is 9. The largest absolute Gasteiger partial charge is 0.292 e. The van der Waals surface area contributed by atoms with Crippen molar-refractivity contribution in [2.24, 2.45) is 0 Å². The minimum Gasteiger partial charge on any atom is -0.292 e. The Labute approximate surface area is 742 Å². The summed E-state index contributed by atoms with van der Waals surface area (Å²) in [4.78, 5) is 39.7. The number of aromatic nitrogens is 9. The van der Waals surface area contributed by atoms with E-state index in [1.807, 2.05) is 67.1 Å². The molecule has 0 amide bonds. The molecule has 598 valence electrons. The smallest absolute Gasteiger partial charge is 0.160 e. The highest BCUT2D eigenvalue weighted by Gasteiger charge is 2.21. The molecule has 0 unspecified atom stereocenters. The van der Waals surface area contributed by atoms with Gasteiger partial charge in [-0.05, 0) is 174 Å². The van der Waals surface area contributed by atoms with Crippen molar-refractivity contribution in [3.8, 4) is 129 Å². The predicted molar refractivity (Wildman–Crippen MR) is 534 cm³/mol. The molecule has 0 bridgehead atoms. The Balaban J connectivity index is 0.000000110. The summed E-state index contributed by atoms with van der Waals surface area (Å²) in [5, 5.41) is 12.9. The van der Waals surface area contributed by atoms with E-state index in [2.05, 4.69) is 393 Å². The van der Waals surface area contributed by atoms with Crippen molar-refractivity contribution in [2.75, 3.05) is 0 Å². The molecule has 0 saturated heterocycles. The van der Waals surface area contributed by atoms with Crippen LogP contribution in [0.4, 0.5) is 0 Å². The van der Waals surface area contributed by atoms with Crippen LogP contribution in [0.15, 0.2) is 455 Å². The first-order valence-electron chi connectivity index (χ1n) is 43.0. The zero-order valence-corrected chi connectivity index (χ0v) is 70.1. The zero-order valence-electron chi connectivity index (χ0n) is 69.2. The molecule has 0 N–H and O–H groups in total. The lowest BCUT2D eigenvalue weighted by atomic mass is 9.96. The summed E-state index contributed by atoms with van der Waals surface area (Å²) in [6.45, 7) is 0. The van der Waals surface area contributed by atoms with Crippen molar-refractivity contribution in [1.82, 2.24) is 44.4 Å². The van der Waals surface area contributed by atoms with Crippen molar-refractivity contribution in [2.45, 2.75) is 0 Å². The molecular weight excluding hydrogens is 1580 g/mol. The molecule has 7 aromatic heterocycles. The van der Waals surface area contributed by atoms with Gasteiger partial charge < -0.3 is 0 Å². The number of benzene rings is 18. The lowest BCUT2D eigenvalue weighted by Crippen LogP contribution is -1.97. The first kappa shape index (κ1) is 76.0. The number of pyridine rings is 3. The highest BCUT2D eigenvalue weighted by molar-refractivity contribution is 7.26. The third kappa shape index (κ3) is 14.6. The molecular formula is C118H75N9S. The van der Waals surface area contributed by atoms with Crippen molar-refractivity contribution in [3.63, 3.8) is 0 Å². The maximum Gasteiger partial charge on any atom is 0.160 e. The Morgan fingerprint density at radius 2 is 0.531 bits per heavy atom. The lowest BCUT2D eigenvalue weighted by molar-refractivity contribution is 1.10. The van der Waals surface area contributed by atoms with Crippen LogP contribution in [-0.4, -0.2) is 44.4 Å². The minimum atomic E-state index is 0.721. The number of rotatable bonds is 12. The Kier molecular flexibility index (Phi) is 19.6. The van der Waals surface area contributed by atoms with Gasteiger partial charge >= 0.3 is 0 Å². The third-order valence-electron chi connectivity index (χ3n) is 24.2. The van der Waals surface area contributed by atoms with Crippen LogP contribution in [0.1, 0.15) is 0 Å². The highest BCUT2D eigenvalue weighted by Crippen LogP contribution is 2.43. The standard InChI is InChI=1S/C41H25N3S.C39H25N3.C38H25N3/c1-2-10-26(11-3-1)38-40-39(35-18-6-7-19-37(35)45-40)44-41(43-38)31-16-9-15-29(23-31)27-13-8-14-28(22-27)30-20-21-34-33-17-5-4-12-32(33)25-42-36(34)24-30;1-2-10-26(11-3-1)38-35-18-6-7-19-36(35)41-39(42-38)31-16-9-15-29(23-31)27-13-8-14-28(22-27)30-20-21-34-33-17-5-4-12-32(33)25-40-37(34)24-30;1-2-15-32(16-3-1)41-37-19-7-6-18-35(37)40-38(41)30-14-9-13-28(23-30)26-11-8-12-27(22-26)29-20-21-34-33-17-5-4-10-31(33)25-39-36(34)24-29/h1-25H;1-25H;1-25H. The lowest BCUT2D eigenvalue weighted by Gasteiger charge is -2.11. The summed E-state index contributed by atoms with van der Waals surface area (Å²) in [6.07, 6.45) is 5.89. The van der Waals surface area contributed by atoms with E-state index < -0.39 is 0 Å². The van der Waals surface area contributed by atoms with Crippen LogP contribution in [0.25, 0.3) is 236 Å². The van der Waals surface area contributed by atoms with Crippen LogP contribution in [0.2, 0.25) is 0 Å². The number of thiophene rings is 1. The molecule has 9 nitrogen and oxygen atoms in total. The normalized spacial score (nSPS) is 11.4. The molecule has 0 aliphatic rings. The molecule has 10 heteroatoms. The van der Waals surface area contributed by atoms with Gasteiger partial charge in [-0.2, -0.15) is 0 Å². The molecule has 0 radical (unpaired) electrons. The summed E-state index contributed by atoms with van der Waals surface area (Å²) in [6, 6.07) is 153. The Morgan fingerprint density at radius 1 is 0.195 bits per heavy atom. The van der Waals surface area contributed by atoms with Crippen LogP contribution in [-0.2, 0) is 0 Å². The monoisotopic (exact) mass is 1650 g/mol. The van der Waals surface area contributed by atoms with E-state index in [1.54, 1.807) is 11.3 Å². The van der Waals surface area contributed by atoms with Crippen molar-refractivity contribution >= 4 is 119 Å². The second-order valence-corrected chi connectivity index (χ2v) is 33.2. The molecule has 18 aromatic carbocycles. The maximum atomic E-state index is 5.18. The second kappa shape index (κ2) is 33.0. The van der Waals surface area contributed by atoms with Crippen LogP contribution < -0.4 is 0 Å².